The SMILES string of the molecule is CCC(C)C1NCN(C2CC3CCC2C3)C1=O. The maximum absolute atomic E-state index is 12.4. The quantitative estimate of drug-likeness (QED) is 0.812. The summed E-state index contributed by atoms with van der Waals surface area (Å²) in [5.41, 5.74) is 0. The molecule has 96 valence electrons. The highest BCUT2D eigenvalue weighted by atomic mass is 16.2. The Labute approximate surface area is 104 Å². The highest BCUT2D eigenvalue weighted by molar-refractivity contribution is 5.84. The molecule has 0 radical (unpaired) electrons. The van der Waals surface area contributed by atoms with Crippen LogP contribution in [0.3, 0.4) is 0 Å². The highest BCUT2D eigenvalue weighted by Crippen LogP contribution is 2.47. The Balaban J connectivity index is 1.68. The van der Waals surface area contributed by atoms with E-state index in [1.54, 1.807) is 0 Å². The minimum Gasteiger partial charge on any atom is -0.325 e. The van der Waals surface area contributed by atoms with Gasteiger partial charge in [0.25, 0.3) is 0 Å². The molecule has 1 heterocycles. The lowest BCUT2D eigenvalue weighted by molar-refractivity contribution is -0.132. The molecule has 2 aliphatic carbocycles. The van der Waals surface area contributed by atoms with Gasteiger partial charge in [-0.3, -0.25) is 10.1 Å². The van der Waals surface area contributed by atoms with Crippen LogP contribution in [0.5, 0.6) is 0 Å². The van der Waals surface area contributed by atoms with Crippen LogP contribution in [-0.2, 0) is 4.79 Å². The van der Waals surface area contributed by atoms with Crippen LogP contribution in [0.1, 0.15) is 46.0 Å². The normalized spacial score (nSPS) is 42.5. The van der Waals surface area contributed by atoms with Gasteiger partial charge in [-0.1, -0.05) is 26.7 Å². The number of nitrogens with zero attached hydrogens (tertiary/aromatic N) is 1. The summed E-state index contributed by atoms with van der Waals surface area (Å²) < 4.78 is 0. The number of carbonyl (C=O) groups is 1. The van der Waals surface area contributed by atoms with Gasteiger partial charge in [0.15, 0.2) is 0 Å². The lowest BCUT2D eigenvalue weighted by atomic mass is 9.93. The Hall–Kier alpha value is -0.570. The van der Waals surface area contributed by atoms with Crippen molar-refractivity contribution in [3.8, 4) is 0 Å². The van der Waals surface area contributed by atoms with Gasteiger partial charge in [0, 0.05) is 6.04 Å². The molecule has 3 aliphatic rings. The number of rotatable bonds is 3. The molecule has 17 heavy (non-hydrogen) atoms. The molecule has 5 atom stereocenters. The minimum atomic E-state index is 0.0825. The summed E-state index contributed by atoms with van der Waals surface area (Å²) in [6.45, 7) is 5.14. The molecule has 1 saturated heterocycles. The van der Waals surface area contributed by atoms with Gasteiger partial charge in [0.05, 0.1) is 12.7 Å². The molecule has 1 N–H and O–H groups in total. The monoisotopic (exact) mass is 236 g/mol. The van der Waals surface area contributed by atoms with Gasteiger partial charge in [-0.25, -0.2) is 0 Å². The smallest absolute Gasteiger partial charge is 0.241 e. The average molecular weight is 236 g/mol. The average Bonchev–Trinajstić information content (AvgIpc) is 3.02. The molecule has 0 aromatic carbocycles. The first-order valence-corrected chi connectivity index (χ1v) is 7.24. The molecule has 1 aliphatic heterocycles. The maximum atomic E-state index is 12.4. The van der Waals surface area contributed by atoms with Crippen molar-refractivity contribution in [2.75, 3.05) is 6.67 Å². The molecular weight excluding hydrogens is 212 g/mol. The zero-order valence-electron chi connectivity index (χ0n) is 11.0. The van der Waals surface area contributed by atoms with E-state index in [0.717, 1.165) is 24.9 Å². The van der Waals surface area contributed by atoms with Gasteiger partial charge in [0.1, 0.15) is 0 Å². The molecule has 3 nitrogen and oxygen atoms in total. The zero-order valence-corrected chi connectivity index (χ0v) is 11.0. The van der Waals surface area contributed by atoms with E-state index in [9.17, 15) is 4.79 Å². The van der Waals surface area contributed by atoms with Crippen LogP contribution in [0, 0.1) is 17.8 Å². The standard InChI is InChI=1S/C14H24N2O/c1-3-9(2)13-14(17)16(8-15-13)12-7-10-4-5-11(12)6-10/h9-13,15H,3-8H2,1-2H3. The molecular formula is C14H24N2O. The minimum absolute atomic E-state index is 0.0825. The van der Waals surface area contributed by atoms with E-state index in [1.165, 1.54) is 25.7 Å². The molecule has 3 rings (SSSR count). The van der Waals surface area contributed by atoms with E-state index < -0.39 is 0 Å². The molecule has 0 aromatic heterocycles. The van der Waals surface area contributed by atoms with E-state index in [-0.39, 0.29) is 6.04 Å². The molecule has 2 bridgehead atoms. The van der Waals surface area contributed by atoms with Crippen molar-refractivity contribution in [1.82, 2.24) is 10.2 Å². The van der Waals surface area contributed by atoms with Crippen molar-refractivity contribution in [3.63, 3.8) is 0 Å². The second-order valence-corrected chi connectivity index (χ2v) is 6.28. The number of hydrogen-bond acceptors (Lipinski definition) is 2. The van der Waals surface area contributed by atoms with Gasteiger partial charge in [0.2, 0.25) is 5.91 Å². The van der Waals surface area contributed by atoms with Crippen LogP contribution in [0.15, 0.2) is 0 Å². The van der Waals surface area contributed by atoms with Crippen molar-refractivity contribution in [2.45, 2.75) is 58.0 Å². The summed E-state index contributed by atoms with van der Waals surface area (Å²) in [5, 5.41) is 3.42. The van der Waals surface area contributed by atoms with Gasteiger partial charge >= 0.3 is 0 Å². The first-order chi connectivity index (χ1) is 8.20. The zero-order chi connectivity index (χ0) is 12.0. The van der Waals surface area contributed by atoms with E-state index in [0.29, 0.717) is 17.9 Å². The topological polar surface area (TPSA) is 32.3 Å². The molecule has 1 amide bonds. The number of hydrogen-bond donors (Lipinski definition) is 1. The maximum Gasteiger partial charge on any atom is 0.241 e. The van der Waals surface area contributed by atoms with Crippen molar-refractivity contribution < 1.29 is 4.79 Å². The van der Waals surface area contributed by atoms with E-state index in [2.05, 4.69) is 24.1 Å². The second-order valence-electron chi connectivity index (χ2n) is 6.28. The first-order valence-electron chi connectivity index (χ1n) is 7.24. The van der Waals surface area contributed by atoms with Crippen molar-refractivity contribution in [3.05, 3.63) is 0 Å². The Morgan fingerprint density at radius 3 is 2.82 bits per heavy atom. The van der Waals surface area contributed by atoms with Crippen LogP contribution in [-0.4, -0.2) is 29.6 Å². The summed E-state index contributed by atoms with van der Waals surface area (Å²) in [7, 11) is 0. The van der Waals surface area contributed by atoms with Crippen LogP contribution in [0.2, 0.25) is 0 Å². The lowest BCUT2D eigenvalue weighted by Gasteiger charge is -2.31. The predicted molar refractivity (Wildman–Crippen MR) is 67.3 cm³/mol. The Morgan fingerprint density at radius 2 is 2.24 bits per heavy atom. The first kappa shape index (κ1) is 11.5. The molecule has 0 aromatic rings. The van der Waals surface area contributed by atoms with Crippen molar-refractivity contribution in [2.24, 2.45) is 17.8 Å². The fourth-order valence-corrected chi connectivity index (χ4v) is 4.09. The molecule has 0 spiro atoms. The number of nitrogens with one attached hydrogen (secondary N) is 1. The summed E-state index contributed by atoms with van der Waals surface area (Å²) >= 11 is 0. The van der Waals surface area contributed by atoms with Crippen LogP contribution in [0.4, 0.5) is 0 Å². The molecule has 2 saturated carbocycles. The third-order valence-corrected chi connectivity index (χ3v) is 5.34. The van der Waals surface area contributed by atoms with E-state index >= 15 is 0 Å². The van der Waals surface area contributed by atoms with E-state index in [1.807, 2.05) is 0 Å². The summed E-state index contributed by atoms with van der Waals surface area (Å²) in [4.78, 5) is 14.6. The van der Waals surface area contributed by atoms with Gasteiger partial charge in [-0.15, -0.1) is 0 Å². The lowest BCUT2D eigenvalue weighted by Crippen LogP contribution is -2.42. The van der Waals surface area contributed by atoms with Crippen molar-refractivity contribution >= 4 is 5.91 Å². The highest BCUT2D eigenvalue weighted by Gasteiger charge is 2.47. The summed E-state index contributed by atoms with van der Waals surface area (Å²) in [6, 6.07) is 0.641. The molecule has 3 fully saturated rings. The summed E-state index contributed by atoms with van der Waals surface area (Å²) in [6.07, 6.45) is 6.49. The second kappa shape index (κ2) is 4.27. The van der Waals surface area contributed by atoms with Crippen LogP contribution < -0.4 is 5.32 Å². The largest absolute Gasteiger partial charge is 0.325 e. The van der Waals surface area contributed by atoms with E-state index in [4.69, 9.17) is 0 Å². The van der Waals surface area contributed by atoms with Crippen LogP contribution >= 0.6 is 0 Å². The summed E-state index contributed by atoms with van der Waals surface area (Å²) in [5.74, 6) is 2.56. The van der Waals surface area contributed by atoms with Crippen molar-refractivity contribution in [1.29, 1.82) is 0 Å². The van der Waals surface area contributed by atoms with Crippen LogP contribution in [0.25, 0.3) is 0 Å². The van der Waals surface area contributed by atoms with Gasteiger partial charge < -0.3 is 4.90 Å². The number of fused-ring (bicyclic) bond motifs is 2. The third kappa shape index (κ3) is 1.79. The van der Waals surface area contributed by atoms with Gasteiger partial charge in [-0.05, 0) is 37.0 Å². The molecule has 3 heteroatoms. The fraction of sp³-hybridized carbons (Fsp3) is 0.929. The molecule has 5 unspecified atom stereocenters. The fourth-order valence-electron chi connectivity index (χ4n) is 4.09. The van der Waals surface area contributed by atoms with Gasteiger partial charge in [-0.2, -0.15) is 0 Å². The Kier molecular flexibility index (Phi) is 2.89. The number of carbonyl (C=O) groups excluding carboxylic acids is 1. The Morgan fingerprint density at radius 1 is 1.41 bits per heavy atom. The predicted octanol–water partition coefficient (Wildman–Crippen LogP) is 1.98. The Bertz CT molecular complexity index is 317. The third-order valence-electron chi connectivity index (χ3n) is 5.34. The number of amides is 1.